The SMILES string of the molecule is CC(C)c1ccc(OC[C@H]2c3ccsc3CCN2C(=O)CN(CC2CC2)C(=O)c2ccc(F)cc2)cc1. The second kappa shape index (κ2) is 11.1. The van der Waals surface area contributed by atoms with Gasteiger partial charge in [0.2, 0.25) is 5.91 Å². The maximum Gasteiger partial charge on any atom is 0.254 e. The fraction of sp³-hybridized carbons (Fsp3) is 0.400. The minimum absolute atomic E-state index is 0.00572. The number of fused-ring (bicyclic) bond motifs is 1. The van der Waals surface area contributed by atoms with Crippen LogP contribution in [0.1, 0.15) is 65.0 Å². The lowest BCUT2D eigenvalue weighted by molar-refractivity contribution is -0.135. The molecule has 1 atom stereocenters. The van der Waals surface area contributed by atoms with Crippen molar-refractivity contribution >= 4 is 23.2 Å². The Bertz CT molecular complexity index is 1230. The highest BCUT2D eigenvalue weighted by molar-refractivity contribution is 7.10. The maximum absolute atomic E-state index is 13.7. The minimum atomic E-state index is -0.386. The molecule has 194 valence electrons. The van der Waals surface area contributed by atoms with Gasteiger partial charge < -0.3 is 14.5 Å². The molecule has 2 aliphatic rings. The van der Waals surface area contributed by atoms with Crippen molar-refractivity contribution in [3.8, 4) is 5.75 Å². The van der Waals surface area contributed by atoms with Crippen LogP contribution < -0.4 is 4.74 Å². The molecular formula is C30H33FN2O3S. The third kappa shape index (κ3) is 6.04. The Morgan fingerprint density at radius 2 is 1.81 bits per heavy atom. The summed E-state index contributed by atoms with van der Waals surface area (Å²) in [6.07, 6.45) is 2.93. The first kappa shape index (κ1) is 25.5. The quantitative estimate of drug-likeness (QED) is 0.344. The molecule has 5 rings (SSSR count). The monoisotopic (exact) mass is 520 g/mol. The Morgan fingerprint density at radius 1 is 1.08 bits per heavy atom. The lowest BCUT2D eigenvalue weighted by Gasteiger charge is -2.37. The van der Waals surface area contributed by atoms with Crippen LogP contribution in [0, 0.1) is 11.7 Å². The molecule has 1 fully saturated rings. The summed E-state index contributed by atoms with van der Waals surface area (Å²) in [6, 6.07) is 15.5. The minimum Gasteiger partial charge on any atom is -0.491 e. The molecule has 0 radical (unpaired) electrons. The molecule has 7 heteroatoms. The standard InChI is InChI=1S/C30H33FN2O3S/c1-20(2)22-7-11-25(12-8-22)36-19-27-26-14-16-37-28(26)13-15-33(27)29(34)18-32(17-21-3-4-21)30(35)23-5-9-24(31)10-6-23/h5-12,14,16,20-21,27H,3-4,13,15,17-19H2,1-2H3/t27-/m0/s1. The molecule has 1 saturated carbocycles. The zero-order valence-electron chi connectivity index (χ0n) is 21.4. The summed E-state index contributed by atoms with van der Waals surface area (Å²) in [4.78, 5) is 31.8. The van der Waals surface area contributed by atoms with E-state index in [9.17, 15) is 14.0 Å². The Kier molecular flexibility index (Phi) is 7.60. The summed E-state index contributed by atoms with van der Waals surface area (Å²) in [7, 11) is 0. The number of ether oxygens (including phenoxy) is 1. The van der Waals surface area contributed by atoms with Crippen molar-refractivity contribution in [1.82, 2.24) is 9.80 Å². The molecule has 37 heavy (non-hydrogen) atoms. The van der Waals surface area contributed by atoms with Crippen molar-refractivity contribution in [2.45, 2.75) is 45.1 Å². The van der Waals surface area contributed by atoms with Crippen LogP contribution in [0.2, 0.25) is 0 Å². The molecule has 2 aromatic carbocycles. The van der Waals surface area contributed by atoms with Gasteiger partial charge in [-0.05, 0) is 90.1 Å². The van der Waals surface area contributed by atoms with Gasteiger partial charge in [-0.3, -0.25) is 9.59 Å². The molecule has 2 amide bonds. The maximum atomic E-state index is 13.7. The number of hydrogen-bond donors (Lipinski definition) is 0. The fourth-order valence-electron chi connectivity index (χ4n) is 4.86. The summed E-state index contributed by atoms with van der Waals surface area (Å²) >= 11 is 1.71. The van der Waals surface area contributed by atoms with E-state index in [2.05, 4.69) is 37.4 Å². The first-order valence-electron chi connectivity index (χ1n) is 13.0. The van der Waals surface area contributed by atoms with Crippen molar-refractivity contribution in [1.29, 1.82) is 0 Å². The van der Waals surface area contributed by atoms with Gasteiger partial charge in [0.15, 0.2) is 0 Å². The van der Waals surface area contributed by atoms with Gasteiger partial charge >= 0.3 is 0 Å². The van der Waals surface area contributed by atoms with E-state index < -0.39 is 0 Å². The van der Waals surface area contributed by atoms with E-state index >= 15 is 0 Å². The number of halogens is 1. The van der Waals surface area contributed by atoms with Crippen LogP contribution in [0.25, 0.3) is 0 Å². The Hall–Kier alpha value is -3.19. The fourth-order valence-corrected chi connectivity index (χ4v) is 5.79. The average Bonchev–Trinajstić information content (AvgIpc) is 3.59. The van der Waals surface area contributed by atoms with Crippen LogP contribution in [0.15, 0.2) is 60.0 Å². The normalized spacial score (nSPS) is 17.0. The van der Waals surface area contributed by atoms with Gasteiger partial charge in [0.05, 0.1) is 6.04 Å². The van der Waals surface area contributed by atoms with Gasteiger partial charge in [-0.2, -0.15) is 0 Å². The zero-order chi connectivity index (χ0) is 25.9. The number of carbonyl (C=O) groups is 2. The molecule has 5 nitrogen and oxygen atoms in total. The summed E-state index contributed by atoms with van der Waals surface area (Å²) in [5.41, 5.74) is 2.78. The first-order valence-corrected chi connectivity index (χ1v) is 13.9. The predicted molar refractivity (Wildman–Crippen MR) is 144 cm³/mol. The van der Waals surface area contributed by atoms with E-state index in [1.807, 2.05) is 17.0 Å². The molecule has 2 heterocycles. The van der Waals surface area contributed by atoms with Crippen LogP contribution in [0.4, 0.5) is 4.39 Å². The molecule has 0 saturated heterocycles. The highest BCUT2D eigenvalue weighted by Crippen LogP contribution is 2.35. The summed E-state index contributed by atoms with van der Waals surface area (Å²) in [5.74, 6) is 0.951. The van der Waals surface area contributed by atoms with Gasteiger partial charge in [0.1, 0.15) is 24.7 Å². The molecular weight excluding hydrogens is 487 g/mol. The second-order valence-corrected chi connectivity index (χ2v) is 11.3. The second-order valence-electron chi connectivity index (χ2n) is 10.3. The third-order valence-corrected chi connectivity index (χ3v) is 8.25. The number of thiophene rings is 1. The van der Waals surface area contributed by atoms with Crippen LogP contribution in [-0.4, -0.2) is 47.9 Å². The smallest absolute Gasteiger partial charge is 0.254 e. The van der Waals surface area contributed by atoms with Crippen molar-refractivity contribution in [2.24, 2.45) is 5.92 Å². The van der Waals surface area contributed by atoms with Crippen molar-refractivity contribution in [3.05, 3.63) is 87.4 Å². The van der Waals surface area contributed by atoms with Gasteiger partial charge in [-0.1, -0.05) is 26.0 Å². The molecule has 1 aliphatic heterocycles. The Balaban J connectivity index is 1.32. The zero-order valence-corrected chi connectivity index (χ0v) is 22.2. The summed E-state index contributed by atoms with van der Waals surface area (Å²) < 4.78 is 19.6. The third-order valence-electron chi connectivity index (χ3n) is 7.25. The van der Waals surface area contributed by atoms with E-state index in [0.29, 0.717) is 37.1 Å². The van der Waals surface area contributed by atoms with Gasteiger partial charge in [-0.15, -0.1) is 11.3 Å². The van der Waals surface area contributed by atoms with E-state index in [-0.39, 0.29) is 30.2 Å². The molecule has 3 aromatic rings. The molecule has 1 aliphatic carbocycles. The van der Waals surface area contributed by atoms with Crippen molar-refractivity contribution in [3.63, 3.8) is 0 Å². The number of benzene rings is 2. The van der Waals surface area contributed by atoms with Gasteiger partial charge in [0, 0.05) is 23.5 Å². The van der Waals surface area contributed by atoms with E-state index in [0.717, 1.165) is 30.6 Å². The highest BCUT2D eigenvalue weighted by atomic mass is 32.1. The lowest BCUT2D eigenvalue weighted by Crippen LogP contribution is -2.48. The number of rotatable bonds is 9. The molecule has 1 aromatic heterocycles. The van der Waals surface area contributed by atoms with Crippen LogP contribution >= 0.6 is 11.3 Å². The Labute approximate surface area is 221 Å². The van der Waals surface area contributed by atoms with E-state index in [1.165, 1.54) is 34.7 Å². The first-order chi connectivity index (χ1) is 17.9. The lowest BCUT2D eigenvalue weighted by atomic mass is 10.00. The number of carbonyl (C=O) groups excluding carboxylic acids is 2. The average molecular weight is 521 g/mol. The molecule has 0 N–H and O–H groups in total. The molecule has 0 unspecified atom stereocenters. The van der Waals surface area contributed by atoms with Crippen molar-refractivity contribution < 1.29 is 18.7 Å². The topological polar surface area (TPSA) is 49.9 Å². The molecule has 0 spiro atoms. The van der Waals surface area contributed by atoms with Gasteiger partial charge in [-0.25, -0.2) is 4.39 Å². The molecule has 0 bridgehead atoms. The van der Waals surface area contributed by atoms with Crippen molar-refractivity contribution in [2.75, 3.05) is 26.2 Å². The highest BCUT2D eigenvalue weighted by Gasteiger charge is 2.35. The summed E-state index contributed by atoms with van der Waals surface area (Å²) in [5, 5.41) is 2.07. The van der Waals surface area contributed by atoms with E-state index in [1.54, 1.807) is 16.2 Å². The van der Waals surface area contributed by atoms with Gasteiger partial charge in [0.25, 0.3) is 5.91 Å². The number of amides is 2. The van der Waals surface area contributed by atoms with Crippen LogP contribution in [0.5, 0.6) is 5.75 Å². The number of nitrogens with zero attached hydrogens (tertiary/aromatic N) is 2. The largest absolute Gasteiger partial charge is 0.491 e. The van der Waals surface area contributed by atoms with Crippen LogP contribution in [0.3, 0.4) is 0 Å². The van der Waals surface area contributed by atoms with Crippen LogP contribution in [-0.2, 0) is 11.2 Å². The predicted octanol–water partition coefficient (Wildman–Crippen LogP) is 6.07. The number of hydrogen-bond acceptors (Lipinski definition) is 4. The van der Waals surface area contributed by atoms with E-state index in [4.69, 9.17) is 4.74 Å². The summed E-state index contributed by atoms with van der Waals surface area (Å²) in [6.45, 7) is 5.81. The Morgan fingerprint density at radius 3 is 2.49 bits per heavy atom.